The molecule has 1 aliphatic rings. The summed E-state index contributed by atoms with van der Waals surface area (Å²) in [7, 11) is 0. The largest absolute Gasteiger partial charge is 0.478 e. The molecular formula is C16H19NO2. The Bertz CT molecular complexity index is 544. The quantitative estimate of drug-likeness (QED) is 0.667. The van der Waals surface area contributed by atoms with Gasteiger partial charge in [-0.05, 0) is 49.6 Å². The molecule has 0 spiro atoms. The van der Waals surface area contributed by atoms with Crippen molar-refractivity contribution in [2.45, 2.75) is 20.3 Å². The highest BCUT2D eigenvalue weighted by Gasteiger charge is 2.11. The molecule has 1 aromatic rings. The third-order valence-electron chi connectivity index (χ3n) is 3.36. The molecule has 1 N–H and O–H groups in total. The molecule has 0 aliphatic carbocycles. The van der Waals surface area contributed by atoms with Crippen LogP contribution >= 0.6 is 0 Å². The van der Waals surface area contributed by atoms with Gasteiger partial charge in [0.25, 0.3) is 0 Å². The zero-order valence-electron chi connectivity index (χ0n) is 11.4. The number of benzene rings is 1. The third kappa shape index (κ3) is 3.47. The molecule has 0 unspecified atom stereocenters. The summed E-state index contributed by atoms with van der Waals surface area (Å²) in [5.74, 6) is -0.916. The standard InChI is InChI=1S/C16H19NO2/c1-12-4-3-9-17(11-12)15-7-5-14(13(2)10-15)6-8-16(18)19/h4-8,10H,3,9,11H2,1-2H3,(H,18,19)/b8-6+. The van der Waals surface area contributed by atoms with Gasteiger partial charge >= 0.3 is 5.97 Å². The fraction of sp³-hybridized carbons (Fsp3) is 0.312. The Labute approximate surface area is 113 Å². The average Bonchev–Trinajstić information content (AvgIpc) is 2.37. The van der Waals surface area contributed by atoms with Crippen molar-refractivity contribution in [3.05, 3.63) is 47.1 Å². The van der Waals surface area contributed by atoms with E-state index in [1.165, 1.54) is 17.3 Å². The lowest BCUT2D eigenvalue weighted by atomic mass is 10.1. The fourth-order valence-corrected chi connectivity index (χ4v) is 2.34. The molecule has 3 nitrogen and oxygen atoms in total. The predicted molar refractivity (Wildman–Crippen MR) is 78.4 cm³/mol. The first kappa shape index (κ1) is 13.4. The van der Waals surface area contributed by atoms with Crippen LogP contribution in [0.25, 0.3) is 6.08 Å². The molecule has 1 heterocycles. The molecular weight excluding hydrogens is 238 g/mol. The summed E-state index contributed by atoms with van der Waals surface area (Å²) < 4.78 is 0. The molecule has 0 aromatic heterocycles. The highest BCUT2D eigenvalue weighted by atomic mass is 16.4. The second-order valence-corrected chi connectivity index (χ2v) is 4.97. The van der Waals surface area contributed by atoms with Crippen molar-refractivity contribution in [3.63, 3.8) is 0 Å². The van der Waals surface area contributed by atoms with Crippen LogP contribution in [0.15, 0.2) is 35.9 Å². The highest BCUT2D eigenvalue weighted by Crippen LogP contribution is 2.23. The zero-order valence-corrected chi connectivity index (χ0v) is 11.4. The lowest BCUT2D eigenvalue weighted by Crippen LogP contribution is -2.29. The summed E-state index contributed by atoms with van der Waals surface area (Å²) in [6.45, 7) is 6.19. The predicted octanol–water partition coefficient (Wildman–Crippen LogP) is 3.25. The van der Waals surface area contributed by atoms with Gasteiger partial charge in [0.2, 0.25) is 0 Å². The number of rotatable bonds is 3. The zero-order chi connectivity index (χ0) is 13.8. The lowest BCUT2D eigenvalue weighted by Gasteiger charge is -2.28. The molecule has 1 aliphatic heterocycles. The number of carboxylic acids is 1. The fourth-order valence-electron chi connectivity index (χ4n) is 2.34. The first-order valence-electron chi connectivity index (χ1n) is 6.48. The molecule has 0 saturated carbocycles. The first-order valence-corrected chi connectivity index (χ1v) is 6.48. The van der Waals surface area contributed by atoms with Gasteiger partial charge in [0.15, 0.2) is 0 Å². The minimum absolute atomic E-state index is 0.916. The summed E-state index contributed by atoms with van der Waals surface area (Å²) in [4.78, 5) is 12.9. The summed E-state index contributed by atoms with van der Waals surface area (Å²) in [5, 5.41) is 8.65. The van der Waals surface area contributed by atoms with Crippen molar-refractivity contribution >= 4 is 17.7 Å². The van der Waals surface area contributed by atoms with E-state index in [2.05, 4.69) is 30.0 Å². The van der Waals surface area contributed by atoms with Gasteiger partial charge in [0, 0.05) is 24.9 Å². The van der Waals surface area contributed by atoms with Crippen molar-refractivity contribution < 1.29 is 9.90 Å². The Hall–Kier alpha value is -2.03. The van der Waals surface area contributed by atoms with Crippen LogP contribution in [-0.4, -0.2) is 24.2 Å². The Kier molecular flexibility index (Phi) is 4.05. The van der Waals surface area contributed by atoms with Crippen LogP contribution in [-0.2, 0) is 4.79 Å². The maximum absolute atomic E-state index is 10.5. The van der Waals surface area contributed by atoms with Gasteiger partial charge in [-0.2, -0.15) is 0 Å². The van der Waals surface area contributed by atoms with Crippen LogP contribution in [0.5, 0.6) is 0 Å². The number of aliphatic carboxylic acids is 1. The molecule has 100 valence electrons. The van der Waals surface area contributed by atoms with Gasteiger partial charge in [-0.25, -0.2) is 4.79 Å². The molecule has 2 rings (SSSR count). The summed E-state index contributed by atoms with van der Waals surface area (Å²) in [6, 6.07) is 6.17. The number of nitrogens with zero attached hydrogens (tertiary/aromatic N) is 1. The van der Waals surface area contributed by atoms with Gasteiger partial charge in [-0.15, -0.1) is 0 Å². The minimum atomic E-state index is -0.916. The topological polar surface area (TPSA) is 40.5 Å². The molecule has 3 heteroatoms. The highest BCUT2D eigenvalue weighted by molar-refractivity contribution is 5.85. The molecule has 0 amide bonds. The number of aryl methyl sites for hydroxylation is 1. The van der Waals surface area contributed by atoms with Crippen LogP contribution in [0.4, 0.5) is 5.69 Å². The van der Waals surface area contributed by atoms with E-state index in [1.807, 2.05) is 13.0 Å². The Morgan fingerprint density at radius 1 is 1.37 bits per heavy atom. The van der Waals surface area contributed by atoms with Gasteiger partial charge in [-0.1, -0.05) is 17.7 Å². The first-order chi connectivity index (χ1) is 9.06. The third-order valence-corrected chi connectivity index (χ3v) is 3.36. The number of carbonyl (C=O) groups is 1. The van der Waals surface area contributed by atoms with E-state index < -0.39 is 5.97 Å². The van der Waals surface area contributed by atoms with Crippen molar-refractivity contribution in [3.8, 4) is 0 Å². The summed E-state index contributed by atoms with van der Waals surface area (Å²) in [5.41, 5.74) is 4.66. The number of anilines is 1. The number of hydrogen-bond acceptors (Lipinski definition) is 2. The van der Waals surface area contributed by atoms with Gasteiger partial charge in [-0.3, -0.25) is 0 Å². The lowest BCUT2D eigenvalue weighted by molar-refractivity contribution is -0.131. The van der Waals surface area contributed by atoms with Crippen molar-refractivity contribution in [2.75, 3.05) is 18.0 Å². The van der Waals surface area contributed by atoms with Gasteiger partial charge < -0.3 is 10.0 Å². The van der Waals surface area contributed by atoms with Crippen LogP contribution in [0.3, 0.4) is 0 Å². The minimum Gasteiger partial charge on any atom is -0.478 e. The molecule has 0 atom stereocenters. The van der Waals surface area contributed by atoms with Crippen molar-refractivity contribution in [1.29, 1.82) is 0 Å². The van der Waals surface area contributed by atoms with Gasteiger partial charge in [0.1, 0.15) is 0 Å². The number of hydrogen-bond donors (Lipinski definition) is 1. The average molecular weight is 257 g/mol. The van der Waals surface area contributed by atoms with Crippen LogP contribution < -0.4 is 4.90 Å². The van der Waals surface area contributed by atoms with E-state index in [9.17, 15) is 4.79 Å². The van der Waals surface area contributed by atoms with E-state index in [0.717, 1.165) is 30.6 Å². The summed E-state index contributed by atoms with van der Waals surface area (Å²) >= 11 is 0. The molecule has 0 saturated heterocycles. The maximum Gasteiger partial charge on any atom is 0.328 e. The second-order valence-electron chi connectivity index (χ2n) is 4.97. The normalized spacial score (nSPS) is 15.7. The van der Waals surface area contributed by atoms with E-state index in [0.29, 0.717) is 0 Å². The number of carboxylic acid groups (broad SMARTS) is 1. The van der Waals surface area contributed by atoms with E-state index in [-0.39, 0.29) is 0 Å². The van der Waals surface area contributed by atoms with Crippen LogP contribution in [0, 0.1) is 6.92 Å². The molecule has 0 fully saturated rings. The van der Waals surface area contributed by atoms with Crippen molar-refractivity contribution in [2.24, 2.45) is 0 Å². The van der Waals surface area contributed by atoms with Crippen molar-refractivity contribution in [1.82, 2.24) is 0 Å². The SMILES string of the molecule is CC1=CCCN(c2ccc(/C=C/C(=O)O)c(C)c2)C1. The molecule has 1 aromatic carbocycles. The molecule has 0 bridgehead atoms. The van der Waals surface area contributed by atoms with E-state index in [4.69, 9.17) is 5.11 Å². The monoisotopic (exact) mass is 257 g/mol. The summed E-state index contributed by atoms with van der Waals surface area (Å²) in [6.07, 6.45) is 6.19. The maximum atomic E-state index is 10.5. The second kappa shape index (κ2) is 5.74. The van der Waals surface area contributed by atoms with E-state index in [1.54, 1.807) is 6.08 Å². The van der Waals surface area contributed by atoms with E-state index >= 15 is 0 Å². The van der Waals surface area contributed by atoms with Gasteiger partial charge in [0.05, 0.1) is 0 Å². The van der Waals surface area contributed by atoms with Crippen LogP contribution in [0.2, 0.25) is 0 Å². The van der Waals surface area contributed by atoms with Crippen LogP contribution in [0.1, 0.15) is 24.5 Å². The Morgan fingerprint density at radius 3 is 2.79 bits per heavy atom. The molecule has 19 heavy (non-hydrogen) atoms. The Morgan fingerprint density at radius 2 is 2.16 bits per heavy atom. The smallest absolute Gasteiger partial charge is 0.328 e. The molecule has 0 radical (unpaired) electrons. The Balaban J connectivity index is 2.19.